The third-order valence-corrected chi connectivity index (χ3v) is 2.56. The van der Waals surface area contributed by atoms with E-state index in [1.807, 2.05) is 0 Å². The van der Waals surface area contributed by atoms with Crippen molar-refractivity contribution in [1.82, 2.24) is 0 Å². The zero-order valence-corrected chi connectivity index (χ0v) is 9.83. The highest BCUT2D eigenvalue weighted by Crippen LogP contribution is 2.38. The molecular weight excluding hydrogens is 230 g/mol. The van der Waals surface area contributed by atoms with E-state index in [-0.39, 0.29) is 16.9 Å². The Balaban J connectivity index is 3.46. The second-order valence-corrected chi connectivity index (χ2v) is 3.87. The third-order valence-electron chi connectivity index (χ3n) is 2.56. The maximum Gasteiger partial charge on any atom is 0.310 e. The van der Waals surface area contributed by atoms with Crippen molar-refractivity contribution in [2.75, 3.05) is 7.11 Å². The van der Waals surface area contributed by atoms with Crippen molar-refractivity contribution in [3.8, 4) is 5.75 Å². The molecule has 1 unspecified atom stereocenters. The summed E-state index contributed by atoms with van der Waals surface area (Å²) in [7, 11) is 1.32. The average Bonchev–Trinajstić information content (AvgIpc) is 2.25. The summed E-state index contributed by atoms with van der Waals surface area (Å²) in [6, 6.07) is 4.12. The van der Waals surface area contributed by atoms with E-state index in [1.165, 1.54) is 32.2 Å². The number of rotatable bonds is 4. The van der Waals surface area contributed by atoms with E-state index < -0.39 is 17.8 Å². The number of carbonyl (C=O) groups is 1. The van der Waals surface area contributed by atoms with E-state index in [0.717, 1.165) is 6.92 Å². The number of carboxylic acid groups (broad SMARTS) is 1. The SMILES string of the molecule is COc1cccc(C(C)(F)F)c1C(C)C(=O)O. The van der Waals surface area contributed by atoms with Gasteiger partial charge in [0.15, 0.2) is 0 Å². The van der Waals surface area contributed by atoms with Crippen molar-refractivity contribution in [2.24, 2.45) is 0 Å². The van der Waals surface area contributed by atoms with Crippen LogP contribution in [-0.2, 0) is 10.7 Å². The second kappa shape index (κ2) is 4.69. The molecule has 1 atom stereocenters. The molecule has 1 aromatic rings. The molecule has 0 aromatic heterocycles. The normalized spacial score (nSPS) is 13.2. The summed E-state index contributed by atoms with van der Waals surface area (Å²) in [5, 5.41) is 8.95. The quantitative estimate of drug-likeness (QED) is 0.885. The molecule has 0 amide bonds. The second-order valence-electron chi connectivity index (χ2n) is 3.87. The Kier molecular flexibility index (Phi) is 3.70. The van der Waals surface area contributed by atoms with Gasteiger partial charge in [-0.2, -0.15) is 0 Å². The molecule has 0 fully saturated rings. The lowest BCUT2D eigenvalue weighted by molar-refractivity contribution is -0.138. The molecule has 1 aromatic carbocycles. The number of alkyl halides is 2. The van der Waals surface area contributed by atoms with Gasteiger partial charge in [-0.05, 0) is 13.0 Å². The Morgan fingerprint density at radius 2 is 2.06 bits per heavy atom. The number of hydrogen-bond donors (Lipinski definition) is 1. The van der Waals surface area contributed by atoms with E-state index in [2.05, 4.69) is 0 Å². The fourth-order valence-electron chi connectivity index (χ4n) is 1.67. The highest BCUT2D eigenvalue weighted by Gasteiger charge is 2.33. The number of benzene rings is 1. The van der Waals surface area contributed by atoms with Gasteiger partial charge in [-0.15, -0.1) is 0 Å². The lowest BCUT2D eigenvalue weighted by Crippen LogP contribution is -2.17. The highest BCUT2D eigenvalue weighted by atomic mass is 19.3. The maximum absolute atomic E-state index is 13.4. The Hall–Kier alpha value is -1.65. The number of hydrogen-bond acceptors (Lipinski definition) is 2. The molecule has 0 aliphatic heterocycles. The predicted molar refractivity (Wildman–Crippen MR) is 58.6 cm³/mol. The van der Waals surface area contributed by atoms with Crippen molar-refractivity contribution in [2.45, 2.75) is 25.7 Å². The molecular formula is C12H14F2O3. The Morgan fingerprint density at radius 1 is 1.47 bits per heavy atom. The van der Waals surface area contributed by atoms with Gasteiger partial charge in [0.05, 0.1) is 13.0 Å². The van der Waals surface area contributed by atoms with Crippen LogP contribution >= 0.6 is 0 Å². The lowest BCUT2D eigenvalue weighted by Gasteiger charge is -2.20. The molecule has 0 saturated heterocycles. The van der Waals surface area contributed by atoms with Gasteiger partial charge in [0.1, 0.15) is 5.75 Å². The van der Waals surface area contributed by atoms with Crippen LogP contribution in [0.15, 0.2) is 18.2 Å². The summed E-state index contributed by atoms with van der Waals surface area (Å²) < 4.78 is 31.8. The van der Waals surface area contributed by atoms with E-state index in [0.29, 0.717) is 0 Å². The van der Waals surface area contributed by atoms with Crippen LogP contribution in [0, 0.1) is 0 Å². The van der Waals surface area contributed by atoms with Crippen molar-refractivity contribution in [3.63, 3.8) is 0 Å². The number of halogens is 2. The van der Waals surface area contributed by atoms with Gasteiger partial charge in [-0.3, -0.25) is 4.79 Å². The first kappa shape index (κ1) is 13.4. The van der Waals surface area contributed by atoms with Crippen molar-refractivity contribution in [1.29, 1.82) is 0 Å². The fraction of sp³-hybridized carbons (Fsp3) is 0.417. The first-order chi connectivity index (χ1) is 7.79. The minimum Gasteiger partial charge on any atom is -0.496 e. The molecule has 0 spiro atoms. The van der Waals surface area contributed by atoms with Crippen LogP contribution in [0.2, 0.25) is 0 Å². The van der Waals surface area contributed by atoms with Crippen molar-refractivity contribution >= 4 is 5.97 Å². The third kappa shape index (κ3) is 2.72. The molecule has 0 saturated carbocycles. The zero-order valence-electron chi connectivity index (χ0n) is 9.83. The van der Waals surface area contributed by atoms with Gasteiger partial charge in [-0.1, -0.05) is 12.1 Å². The molecule has 0 aliphatic rings. The van der Waals surface area contributed by atoms with Crippen LogP contribution in [0.1, 0.15) is 30.9 Å². The minimum absolute atomic E-state index is 0.0231. The van der Waals surface area contributed by atoms with Crippen molar-refractivity contribution < 1.29 is 23.4 Å². The van der Waals surface area contributed by atoms with Gasteiger partial charge < -0.3 is 9.84 Å². The van der Waals surface area contributed by atoms with E-state index >= 15 is 0 Å². The van der Waals surface area contributed by atoms with E-state index in [9.17, 15) is 13.6 Å². The molecule has 17 heavy (non-hydrogen) atoms. The lowest BCUT2D eigenvalue weighted by atomic mass is 9.92. The van der Waals surface area contributed by atoms with Gasteiger partial charge in [0.25, 0.3) is 5.92 Å². The summed E-state index contributed by atoms with van der Waals surface area (Å²) in [4.78, 5) is 10.9. The highest BCUT2D eigenvalue weighted by molar-refractivity contribution is 5.77. The largest absolute Gasteiger partial charge is 0.496 e. The molecule has 0 aliphatic carbocycles. The maximum atomic E-state index is 13.4. The van der Waals surface area contributed by atoms with Crippen LogP contribution in [0.25, 0.3) is 0 Å². The summed E-state index contributed by atoms with van der Waals surface area (Å²) in [5.74, 6) is -5.15. The van der Waals surface area contributed by atoms with Crippen molar-refractivity contribution in [3.05, 3.63) is 29.3 Å². The van der Waals surface area contributed by atoms with Gasteiger partial charge >= 0.3 is 5.97 Å². The number of methoxy groups -OCH3 is 1. The van der Waals surface area contributed by atoms with Gasteiger partial charge in [0, 0.05) is 18.1 Å². The molecule has 0 heterocycles. The van der Waals surface area contributed by atoms with Crippen LogP contribution in [0.4, 0.5) is 8.78 Å². The smallest absolute Gasteiger partial charge is 0.310 e. The predicted octanol–water partition coefficient (Wildman–Crippen LogP) is 3.00. The Morgan fingerprint density at radius 3 is 2.47 bits per heavy atom. The number of aliphatic carboxylic acids is 1. The number of carboxylic acids is 1. The molecule has 5 heteroatoms. The molecule has 1 N–H and O–H groups in total. The topological polar surface area (TPSA) is 46.5 Å². The Bertz CT molecular complexity index is 424. The molecule has 0 bridgehead atoms. The van der Waals surface area contributed by atoms with Crippen LogP contribution in [-0.4, -0.2) is 18.2 Å². The zero-order chi connectivity index (χ0) is 13.2. The molecule has 3 nitrogen and oxygen atoms in total. The van der Waals surface area contributed by atoms with Gasteiger partial charge in [0.2, 0.25) is 0 Å². The average molecular weight is 244 g/mol. The van der Waals surface area contributed by atoms with Crippen LogP contribution < -0.4 is 4.74 Å². The van der Waals surface area contributed by atoms with Crippen LogP contribution in [0.3, 0.4) is 0 Å². The van der Waals surface area contributed by atoms with Gasteiger partial charge in [-0.25, -0.2) is 8.78 Å². The van der Waals surface area contributed by atoms with Crippen LogP contribution in [0.5, 0.6) is 5.75 Å². The fourth-order valence-corrected chi connectivity index (χ4v) is 1.67. The van der Waals surface area contributed by atoms with E-state index in [4.69, 9.17) is 9.84 Å². The summed E-state index contributed by atoms with van der Waals surface area (Å²) >= 11 is 0. The number of ether oxygens (including phenoxy) is 1. The monoisotopic (exact) mass is 244 g/mol. The summed E-state index contributed by atoms with van der Waals surface area (Å²) in [6.07, 6.45) is 0. The standard InChI is InChI=1S/C12H14F2O3/c1-7(11(15)16)10-8(12(2,13)14)5-4-6-9(10)17-3/h4-7H,1-3H3,(H,15,16). The first-order valence-corrected chi connectivity index (χ1v) is 5.07. The molecule has 94 valence electrons. The Labute approximate surface area is 98.0 Å². The van der Waals surface area contributed by atoms with E-state index in [1.54, 1.807) is 0 Å². The first-order valence-electron chi connectivity index (χ1n) is 5.07. The molecule has 0 radical (unpaired) electrons. The summed E-state index contributed by atoms with van der Waals surface area (Å²) in [6.45, 7) is 2.09. The molecule has 1 rings (SSSR count). The minimum atomic E-state index is -3.10. The summed E-state index contributed by atoms with van der Waals surface area (Å²) in [5.41, 5.74) is -0.290.